The first-order valence-electron chi connectivity index (χ1n) is 3.45. The van der Waals surface area contributed by atoms with Gasteiger partial charge in [0.2, 0.25) is 0 Å². The molecule has 0 rings (SSSR count). The van der Waals surface area contributed by atoms with E-state index in [4.69, 9.17) is 5.11 Å². The van der Waals surface area contributed by atoms with Crippen molar-refractivity contribution in [1.29, 1.82) is 0 Å². The fourth-order valence-corrected chi connectivity index (χ4v) is 0. The van der Waals surface area contributed by atoms with Gasteiger partial charge in [-0.15, -0.1) is 0 Å². The third-order valence-corrected chi connectivity index (χ3v) is 1.12. The van der Waals surface area contributed by atoms with Crippen molar-refractivity contribution in [3.63, 3.8) is 0 Å². The monoisotopic (exact) mass is 249 g/mol. The summed E-state index contributed by atoms with van der Waals surface area (Å²) in [6.45, 7) is 1.78. The molecule has 0 bridgehead atoms. The molecule has 0 aromatic carbocycles. The van der Waals surface area contributed by atoms with Crippen molar-refractivity contribution in [2.24, 2.45) is 0 Å². The van der Waals surface area contributed by atoms with Crippen LogP contribution in [0.25, 0.3) is 0 Å². The molecule has 0 aliphatic carbocycles. The van der Waals surface area contributed by atoms with E-state index >= 15 is 0 Å². The molecule has 0 radical (unpaired) electrons. The van der Waals surface area contributed by atoms with E-state index in [0.717, 1.165) is 0 Å². The summed E-state index contributed by atoms with van der Waals surface area (Å²) >= 11 is 0. The molecule has 0 heterocycles. The Morgan fingerprint density at radius 2 is 1.00 bits per heavy atom. The summed E-state index contributed by atoms with van der Waals surface area (Å²) in [5.41, 5.74) is 0. The molecule has 0 aliphatic heterocycles. The Morgan fingerprint density at radius 3 is 1.00 bits per heavy atom. The third kappa shape index (κ3) is 40.5. The van der Waals surface area contributed by atoms with Gasteiger partial charge in [-0.3, -0.25) is 0 Å². The molecular formula is C5H14F6NOP. The Hall–Kier alpha value is -0.0700. The van der Waals surface area contributed by atoms with Gasteiger partial charge >= 0.3 is 33.0 Å². The van der Waals surface area contributed by atoms with Crippen LogP contribution in [0.15, 0.2) is 0 Å². The van der Waals surface area contributed by atoms with Gasteiger partial charge in [0.05, 0.1) is 21.1 Å². The normalized spacial score (nSPS) is 19.9. The molecule has 14 heavy (non-hydrogen) atoms. The fourth-order valence-electron chi connectivity index (χ4n) is 0. The average molecular weight is 249 g/mol. The number of aliphatic hydroxyl groups is 1. The molecular weight excluding hydrogens is 235 g/mol. The zero-order valence-corrected chi connectivity index (χ0v) is 9.08. The van der Waals surface area contributed by atoms with Crippen molar-refractivity contribution >= 4 is 7.81 Å². The van der Waals surface area contributed by atoms with Crippen molar-refractivity contribution in [1.82, 2.24) is 0 Å². The van der Waals surface area contributed by atoms with Gasteiger partial charge in [-0.1, -0.05) is 0 Å². The topological polar surface area (TPSA) is 20.2 Å². The van der Waals surface area contributed by atoms with E-state index in [0.29, 0.717) is 4.48 Å². The third-order valence-electron chi connectivity index (χ3n) is 1.12. The van der Waals surface area contributed by atoms with Gasteiger partial charge in [-0.05, 0) is 0 Å². The van der Waals surface area contributed by atoms with Crippen molar-refractivity contribution in [3.8, 4) is 0 Å². The van der Waals surface area contributed by atoms with E-state index in [1.165, 1.54) is 0 Å². The van der Waals surface area contributed by atoms with Gasteiger partial charge < -0.3 is 9.59 Å². The summed E-state index contributed by atoms with van der Waals surface area (Å²) in [4.78, 5) is 0. The first-order valence-corrected chi connectivity index (χ1v) is 5.48. The number of aliphatic hydroxyl groups excluding tert-OH is 1. The molecule has 0 amide bonds. The maximum atomic E-state index is 9.87. The minimum atomic E-state index is -10.7. The van der Waals surface area contributed by atoms with Crippen LogP contribution in [0.5, 0.6) is 0 Å². The predicted molar refractivity (Wildman–Crippen MR) is 43.3 cm³/mol. The second-order valence-corrected chi connectivity index (χ2v) is 5.62. The van der Waals surface area contributed by atoms with Crippen LogP contribution in [0.3, 0.4) is 0 Å². The van der Waals surface area contributed by atoms with Crippen molar-refractivity contribution in [2.75, 3.05) is 21.1 Å². The molecule has 1 unspecified atom stereocenters. The van der Waals surface area contributed by atoms with Crippen LogP contribution in [-0.2, 0) is 0 Å². The van der Waals surface area contributed by atoms with Crippen LogP contribution in [0.2, 0.25) is 0 Å². The van der Waals surface area contributed by atoms with E-state index in [-0.39, 0.29) is 6.23 Å². The summed E-state index contributed by atoms with van der Waals surface area (Å²) < 4.78 is 59.8. The molecule has 0 fully saturated rings. The summed E-state index contributed by atoms with van der Waals surface area (Å²) in [6, 6.07) is 0. The number of rotatable bonds is 1. The molecule has 0 aromatic rings. The Balaban J connectivity index is 0. The van der Waals surface area contributed by atoms with Gasteiger partial charge in [0.15, 0.2) is 6.23 Å². The quantitative estimate of drug-likeness (QED) is 0.327. The van der Waals surface area contributed by atoms with Gasteiger partial charge in [0, 0.05) is 6.92 Å². The Bertz CT molecular complexity index is 176. The van der Waals surface area contributed by atoms with Crippen molar-refractivity contribution in [2.45, 2.75) is 13.2 Å². The fraction of sp³-hybridized carbons (Fsp3) is 1.00. The van der Waals surface area contributed by atoms with Crippen LogP contribution >= 0.6 is 7.81 Å². The number of hydrogen-bond acceptors (Lipinski definition) is 1. The zero-order chi connectivity index (χ0) is 12.5. The van der Waals surface area contributed by atoms with Gasteiger partial charge in [0.1, 0.15) is 0 Å². The summed E-state index contributed by atoms with van der Waals surface area (Å²) in [5, 5.41) is 8.86. The SMILES string of the molecule is CC(O)[N+](C)(C)C.F[P-](F)(F)(F)(F)F. The number of hydrogen-bond donors (Lipinski definition) is 1. The second kappa shape index (κ2) is 3.21. The molecule has 0 saturated carbocycles. The Morgan fingerprint density at radius 1 is 0.929 bits per heavy atom. The maximum absolute atomic E-state index is 10.7. The summed E-state index contributed by atoms with van der Waals surface area (Å²) in [6.07, 6.45) is -0.264. The average Bonchev–Trinajstić information content (AvgIpc) is 1.50. The minimum absolute atomic E-state index is 0.264. The molecule has 1 atom stereocenters. The van der Waals surface area contributed by atoms with E-state index in [1.54, 1.807) is 6.92 Å². The number of halogens is 6. The summed E-state index contributed by atoms with van der Waals surface area (Å²) in [7, 11) is -4.81. The predicted octanol–water partition coefficient (Wildman–Crippen LogP) is 3.41. The molecule has 9 heteroatoms. The van der Waals surface area contributed by atoms with E-state index in [9.17, 15) is 25.2 Å². The molecule has 0 saturated heterocycles. The van der Waals surface area contributed by atoms with Crippen LogP contribution in [0.1, 0.15) is 6.92 Å². The number of quaternary nitrogens is 1. The molecule has 0 aromatic heterocycles. The number of nitrogens with zero attached hydrogens (tertiary/aromatic N) is 1. The molecule has 92 valence electrons. The molecule has 0 aliphatic rings. The Labute approximate surface area is 78.0 Å². The van der Waals surface area contributed by atoms with Crippen LogP contribution < -0.4 is 0 Å². The first kappa shape index (κ1) is 16.4. The molecule has 2 nitrogen and oxygen atoms in total. The van der Waals surface area contributed by atoms with Gasteiger partial charge in [0.25, 0.3) is 0 Å². The van der Waals surface area contributed by atoms with Crippen LogP contribution in [0.4, 0.5) is 25.2 Å². The van der Waals surface area contributed by atoms with Gasteiger partial charge in [-0.2, -0.15) is 0 Å². The Kier molecular flexibility index (Phi) is 3.76. The van der Waals surface area contributed by atoms with E-state index in [2.05, 4.69) is 0 Å². The first-order chi connectivity index (χ1) is 5.39. The second-order valence-electron chi connectivity index (χ2n) is 3.71. The standard InChI is InChI=1S/C5H14NO.F6P/c1-5(7)6(2,3)4;1-7(2,3,4,5)6/h5,7H,1-4H3;/q+1;-1. The van der Waals surface area contributed by atoms with Crippen molar-refractivity contribution in [3.05, 3.63) is 0 Å². The van der Waals surface area contributed by atoms with E-state index in [1.807, 2.05) is 21.1 Å². The van der Waals surface area contributed by atoms with Crippen LogP contribution in [-0.4, -0.2) is 37.0 Å². The van der Waals surface area contributed by atoms with Gasteiger partial charge in [-0.25, -0.2) is 0 Å². The zero-order valence-electron chi connectivity index (χ0n) is 8.19. The van der Waals surface area contributed by atoms with Crippen molar-refractivity contribution < 1.29 is 34.8 Å². The molecule has 0 spiro atoms. The van der Waals surface area contributed by atoms with E-state index < -0.39 is 7.81 Å². The van der Waals surface area contributed by atoms with Crippen LogP contribution in [0, 0.1) is 0 Å². The molecule has 1 N–H and O–H groups in total. The summed E-state index contributed by atoms with van der Waals surface area (Å²) in [5.74, 6) is 0.